The molecular weight excluding hydrogens is 276 g/mol. The first kappa shape index (κ1) is 16.7. The summed E-state index contributed by atoms with van der Waals surface area (Å²) in [6.07, 6.45) is 2.84. The summed E-state index contributed by atoms with van der Waals surface area (Å²) in [6, 6.07) is 10.6. The molecule has 1 heterocycles. The predicted octanol–water partition coefficient (Wildman–Crippen LogP) is 4.28. The zero-order valence-electron chi connectivity index (χ0n) is 14.1. The van der Waals surface area contributed by atoms with Crippen molar-refractivity contribution < 1.29 is 9.53 Å². The largest absolute Gasteiger partial charge is 0.444 e. The van der Waals surface area contributed by atoms with Gasteiger partial charge in [0, 0.05) is 18.3 Å². The molecule has 4 nitrogen and oxygen atoms in total. The summed E-state index contributed by atoms with van der Waals surface area (Å²) in [6.45, 7) is 8.68. The van der Waals surface area contributed by atoms with Gasteiger partial charge >= 0.3 is 6.09 Å². The molecule has 0 saturated carbocycles. The van der Waals surface area contributed by atoms with Crippen molar-refractivity contribution in [2.24, 2.45) is 0 Å². The number of rotatable bonds is 4. The number of hydrogen-bond acceptors (Lipinski definition) is 3. The van der Waals surface area contributed by atoms with E-state index in [2.05, 4.69) is 24.4 Å². The van der Waals surface area contributed by atoms with E-state index in [9.17, 15) is 4.79 Å². The molecule has 1 fully saturated rings. The van der Waals surface area contributed by atoms with Crippen molar-refractivity contribution in [3.8, 4) is 0 Å². The molecule has 0 spiro atoms. The summed E-state index contributed by atoms with van der Waals surface area (Å²) in [5, 5.41) is 3.57. The van der Waals surface area contributed by atoms with Crippen molar-refractivity contribution in [3.05, 3.63) is 30.3 Å². The average Bonchev–Trinajstić information content (AvgIpc) is 2.93. The molecule has 0 bridgehead atoms. The second-order valence-electron chi connectivity index (χ2n) is 6.91. The Balaban J connectivity index is 2.05. The van der Waals surface area contributed by atoms with E-state index in [1.807, 2.05) is 43.9 Å². The lowest BCUT2D eigenvalue weighted by Gasteiger charge is -2.33. The normalized spacial score (nSPS) is 19.8. The van der Waals surface area contributed by atoms with Gasteiger partial charge in [-0.15, -0.1) is 0 Å². The Hall–Kier alpha value is -1.71. The van der Waals surface area contributed by atoms with Gasteiger partial charge in [0.25, 0.3) is 0 Å². The smallest absolute Gasteiger partial charge is 0.410 e. The fourth-order valence-corrected chi connectivity index (χ4v) is 2.98. The number of likely N-dealkylation sites (tertiary alicyclic amines) is 1. The molecule has 0 radical (unpaired) electrons. The topological polar surface area (TPSA) is 41.6 Å². The monoisotopic (exact) mass is 304 g/mol. The highest BCUT2D eigenvalue weighted by molar-refractivity contribution is 5.69. The molecule has 4 heteroatoms. The second kappa shape index (κ2) is 7.03. The minimum atomic E-state index is -0.446. The van der Waals surface area contributed by atoms with E-state index in [1.165, 1.54) is 0 Å². The van der Waals surface area contributed by atoms with Crippen LogP contribution >= 0.6 is 0 Å². The first-order valence-corrected chi connectivity index (χ1v) is 8.22. The summed E-state index contributed by atoms with van der Waals surface area (Å²) in [4.78, 5) is 14.3. The van der Waals surface area contributed by atoms with Crippen LogP contribution in [0, 0.1) is 0 Å². The molecule has 1 aliphatic heterocycles. The molecule has 2 atom stereocenters. The first-order chi connectivity index (χ1) is 10.4. The van der Waals surface area contributed by atoms with Crippen molar-refractivity contribution in [3.63, 3.8) is 0 Å². The van der Waals surface area contributed by atoms with Crippen LogP contribution in [0.5, 0.6) is 0 Å². The Morgan fingerprint density at radius 2 is 2.05 bits per heavy atom. The van der Waals surface area contributed by atoms with Crippen LogP contribution < -0.4 is 5.32 Å². The van der Waals surface area contributed by atoms with Gasteiger partial charge in [-0.2, -0.15) is 0 Å². The molecule has 1 aromatic carbocycles. The second-order valence-corrected chi connectivity index (χ2v) is 6.91. The molecule has 22 heavy (non-hydrogen) atoms. The van der Waals surface area contributed by atoms with Crippen LogP contribution in [0.1, 0.15) is 47.0 Å². The predicted molar refractivity (Wildman–Crippen MR) is 90.1 cm³/mol. The number of carbonyl (C=O) groups is 1. The van der Waals surface area contributed by atoms with Gasteiger partial charge in [0.1, 0.15) is 5.60 Å². The molecule has 0 aromatic heterocycles. The lowest BCUT2D eigenvalue weighted by Crippen LogP contribution is -2.47. The number of hydrogen-bond donors (Lipinski definition) is 1. The highest BCUT2D eigenvalue weighted by Crippen LogP contribution is 2.26. The Kier molecular flexibility index (Phi) is 5.33. The quantitative estimate of drug-likeness (QED) is 0.903. The van der Waals surface area contributed by atoms with Crippen molar-refractivity contribution in [2.75, 3.05) is 11.9 Å². The molecule has 0 aliphatic carbocycles. The van der Waals surface area contributed by atoms with Gasteiger partial charge in [-0.05, 0) is 52.2 Å². The summed E-state index contributed by atoms with van der Waals surface area (Å²) >= 11 is 0. The van der Waals surface area contributed by atoms with Crippen LogP contribution in [-0.4, -0.2) is 35.2 Å². The molecule has 1 saturated heterocycles. The lowest BCUT2D eigenvalue weighted by atomic mass is 10.0. The van der Waals surface area contributed by atoms with Gasteiger partial charge in [0.15, 0.2) is 0 Å². The van der Waals surface area contributed by atoms with Gasteiger partial charge in [0.2, 0.25) is 0 Å². The maximum Gasteiger partial charge on any atom is 0.410 e. The van der Waals surface area contributed by atoms with Crippen LogP contribution in [-0.2, 0) is 4.74 Å². The number of carbonyl (C=O) groups excluding carboxylic acids is 1. The Morgan fingerprint density at radius 1 is 1.36 bits per heavy atom. The van der Waals surface area contributed by atoms with Gasteiger partial charge in [-0.3, -0.25) is 0 Å². The Labute approximate surface area is 133 Å². The maximum absolute atomic E-state index is 12.4. The highest BCUT2D eigenvalue weighted by Gasteiger charge is 2.36. The molecule has 0 unspecified atom stereocenters. The zero-order chi connectivity index (χ0) is 16.2. The first-order valence-electron chi connectivity index (χ1n) is 8.22. The third-order valence-electron chi connectivity index (χ3n) is 3.96. The van der Waals surface area contributed by atoms with Gasteiger partial charge < -0.3 is 15.0 Å². The minimum Gasteiger partial charge on any atom is -0.444 e. The number of anilines is 1. The average molecular weight is 304 g/mol. The van der Waals surface area contributed by atoms with Crippen molar-refractivity contribution >= 4 is 11.8 Å². The standard InChI is InChI=1S/C18H28N2O2/c1-5-15(19-14-10-7-6-8-11-14)16-12-9-13-20(16)17(21)22-18(2,3)4/h6-8,10-11,15-16,19H,5,9,12-13H2,1-4H3/t15-,16-/m0/s1. The number of benzene rings is 1. The molecule has 1 aromatic rings. The third kappa shape index (κ3) is 4.39. The lowest BCUT2D eigenvalue weighted by molar-refractivity contribution is 0.0211. The molecule has 1 N–H and O–H groups in total. The van der Waals surface area contributed by atoms with Gasteiger partial charge in [-0.1, -0.05) is 25.1 Å². The molecule has 122 valence electrons. The molecule has 2 rings (SSSR count). The van der Waals surface area contributed by atoms with E-state index < -0.39 is 5.60 Å². The van der Waals surface area contributed by atoms with Gasteiger partial charge in [-0.25, -0.2) is 4.79 Å². The fourth-order valence-electron chi connectivity index (χ4n) is 2.98. The number of nitrogens with one attached hydrogen (secondary N) is 1. The van der Waals surface area contributed by atoms with E-state index in [0.717, 1.165) is 31.5 Å². The Morgan fingerprint density at radius 3 is 2.64 bits per heavy atom. The van der Waals surface area contributed by atoms with Crippen molar-refractivity contribution in [2.45, 2.75) is 64.6 Å². The van der Waals surface area contributed by atoms with Crippen molar-refractivity contribution in [1.29, 1.82) is 0 Å². The summed E-state index contributed by atoms with van der Waals surface area (Å²) < 4.78 is 5.56. The summed E-state index contributed by atoms with van der Waals surface area (Å²) in [7, 11) is 0. The zero-order valence-corrected chi connectivity index (χ0v) is 14.1. The highest BCUT2D eigenvalue weighted by atomic mass is 16.6. The van der Waals surface area contributed by atoms with Gasteiger partial charge in [0.05, 0.1) is 6.04 Å². The SMILES string of the molecule is CC[C@H](Nc1ccccc1)[C@@H]1CCCN1C(=O)OC(C)(C)C. The van der Waals surface area contributed by atoms with E-state index in [4.69, 9.17) is 4.74 Å². The number of amides is 1. The number of nitrogens with zero attached hydrogens (tertiary/aromatic N) is 1. The minimum absolute atomic E-state index is 0.191. The van der Waals surface area contributed by atoms with Crippen LogP contribution in [0.2, 0.25) is 0 Å². The summed E-state index contributed by atoms with van der Waals surface area (Å²) in [5.41, 5.74) is 0.657. The molecular formula is C18H28N2O2. The third-order valence-corrected chi connectivity index (χ3v) is 3.96. The maximum atomic E-state index is 12.4. The Bertz CT molecular complexity index is 482. The van der Waals surface area contributed by atoms with Crippen LogP contribution in [0.15, 0.2) is 30.3 Å². The number of ether oxygens (including phenoxy) is 1. The van der Waals surface area contributed by atoms with Crippen molar-refractivity contribution in [1.82, 2.24) is 4.90 Å². The summed E-state index contributed by atoms with van der Waals surface area (Å²) in [5.74, 6) is 0. The van der Waals surface area contributed by atoms with E-state index in [1.54, 1.807) is 0 Å². The van der Waals surface area contributed by atoms with E-state index >= 15 is 0 Å². The number of para-hydroxylation sites is 1. The van der Waals surface area contributed by atoms with Crippen LogP contribution in [0.3, 0.4) is 0 Å². The molecule has 1 aliphatic rings. The van der Waals surface area contributed by atoms with Crippen LogP contribution in [0.25, 0.3) is 0 Å². The van der Waals surface area contributed by atoms with E-state index in [-0.39, 0.29) is 18.2 Å². The van der Waals surface area contributed by atoms with E-state index in [0.29, 0.717) is 0 Å². The van der Waals surface area contributed by atoms with Crippen LogP contribution in [0.4, 0.5) is 10.5 Å². The molecule has 1 amide bonds. The fraction of sp³-hybridized carbons (Fsp3) is 0.611.